The Kier molecular flexibility index (Phi) is 5.78. The van der Waals surface area contributed by atoms with Crippen LogP contribution in [-0.4, -0.2) is 26.0 Å². The summed E-state index contributed by atoms with van der Waals surface area (Å²) in [6, 6.07) is 15.2. The summed E-state index contributed by atoms with van der Waals surface area (Å²) in [5.74, 6) is 0.761. The number of carbonyl (C=O) groups is 1. The Bertz CT molecular complexity index is 1020. The molecule has 2 aromatic carbocycles. The number of nitrogens with one attached hydrogen (secondary N) is 2. The van der Waals surface area contributed by atoms with Crippen LogP contribution < -0.4 is 10.7 Å². The van der Waals surface area contributed by atoms with Crippen LogP contribution in [-0.2, 0) is 17.6 Å². The maximum atomic E-state index is 13.3. The maximum Gasteiger partial charge on any atom is 0.240 e. The first kappa shape index (κ1) is 19.8. The summed E-state index contributed by atoms with van der Waals surface area (Å²) in [5.41, 5.74) is 6.37. The van der Waals surface area contributed by atoms with Gasteiger partial charge in [-0.1, -0.05) is 67.5 Å². The molecule has 1 amide bonds. The van der Waals surface area contributed by atoms with Gasteiger partial charge in [0.15, 0.2) is 5.82 Å². The average molecular weight is 428 g/mol. The Morgan fingerprint density at radius 3 is 2.62 bits per heavy atom. The zero-order chi connectivity index (χ0) is 20.4. The van der Waals surface area contributed by atoms with Gasteiger partial charge >= 0.3 is 0 Å². The number of amides is 1. The Hall–Kier alpha value is -2.51. The number of aromatic nitrogens is 3. The van der Waals surface area contributed by atoms with Crippen molar-refractivity contribution in [1.82, 2.24) is 14.9 Å². The molecule has 2 N–H and O–H groups in total. The van der Waals surface area contributed by atoms with E-state index >= 15 is 0 Å². The monoisotopic (exact) mass is 427 g/mol. The van der Waals surface area contributed by atoms with Crippen molar-refractivity contribution in [3.8, 4) is 0 Å². The maximum absolute atomic E-state index is 13.3. The fraction of sp³-hybridized carbons (Fsp3) is 0.286. The molecule has 2 atom stereocenters. The van der Waals surface area contributed by atoms with Gasteiger partial charge in [0.1, 0.15) is 5.25 Å². The highest BCUT2D eigenvalue weighted by Crippen LogP contribution is 2.38. The van der Waals surface area contributed by atoms with E-state index < -0.39 is 5.25 Å². The Morgan fingerprint density at radius 2 is 1.90 bits per heavy atom. The first-order valence-corrected chi connectivity index (χ1v) is 10.9. The topological polar surface area (TPSA) is 71.8 Å². The fourth-order valence-corrected chi connectivity index (χ4v) is 4.63. The van der Waals surface area contributed by atoms with Gasteiger partial charge in [0, 0.05) is 17.1 Å². The van der Waals surface area contributed by atoms with E-state index in [4.69, 9.17) is 11.6 Å². The van der Waals surface area contributed by atoms with Crippen molar-refractivity contribution in [3.63, 3.8) is 0 Å². The van der Waals surface area contributed by atoms with Crippen molar-refractivity contribution in [3.05, 3.63) is 70.5 Å². The number of halogens is 1. The molecule has 0 spiro atoms. The minimum Gasteiger partial charge on any atom is -0.325 e. The second kappa shape index (κ2) is 8.47. The van der Waals surface area contributed by atoms with Gasteiger partial charge in [-0.05, 0) is 35.7 Å². The van der Waals surface area contributed by atoms with Gasteiger partial charge in [-0.25, -0.2) is 4.68 Å². The second-order valence-corrected chi connectivity index (χ2v) is 8.33. The summed E-state index contributed by atoms with van der Waals surface area (Å²) in [4.78, 5) is 13.3. The molecule has 8 heteroatoms. The molecule has 29 heavy (non-hydrogen) atoms. The van der Waals surface area contributed by atoms with Crippen LogP contribution in [0.3, 0.4) is 0 Å². The molecule has 0 saturated heterocycles. The standard InChI is InChI=1S/C21H22ClN5OS/c1-3-13-7-5-6-8-16(13)23-20(28)19-18(14-9-11-15(22)12-10-14)26-27-17(4-2)24-25-21(27)29-19/h5-12,18-19,26H,3-4H2,1-2H3,(H,23,28)/t18-,19-/m1/s1. The van der Waals surface area contributed by atoms with E-state index in [1.54, 1.807) is 0 Å². The van der Waals surface area contributed by atoms with Crippen LogP contribution in [0.4, 0.5) is 5.69 Å². The smallest absolute Gasteiger partial charge is 0.240 e. The van der Waals surface area contributed by atoms with Gasteiger partial charge in [0.2, 0.25) is 11.1 Å². The number of thioether (sulfide) groups is 1. The molecule has 0 aliphatic carbocycles. The van der Waals surface area contributed by atoms with E-state index in [1.807, 2.05) is 60.1 Å². The summed E-state index contributed by atoms with van der Waals surface area (Å²) >= 11 is 7.49. The number of para-hydroxylation sites is 1. The highest BCUT2D eigenvalue weighted by atomic mass is 35.5. The largest absolute Gasteiger partial charge is 0.325 e. The van der Waals surface area contributed by atoms with Crippen molar-refractivity contribution in [2.24, 2.45) is 0 Å². The van der Waals surface area contributed by atoms with Crippen LogP contribution in [0.15, 0.2) is 53.7 Å². The van der Waals surface area contributed by atoms with Crippen molar-refractivity contribution >= 4 is 35.0 Å². The van der Waals surface area contributed by atoms with Crippen molar-refractivity contribution in [1.29, 1.82) is 0 Å². The molecule has 150 valence electrons. The van der Waals surface area contributed by atoms with Crippen molar-refractivity contribution in [2.75, 3.05) is 10.7 Å². The molecule has 2 heterocycles. The van der Waals surface area contributed by atoms with E-state index in [9.17, 15) is 4.79 Å². The number of anilines is 1. The van der Waals surface area contributed by atoms with Gasteiger partial charge in [0.25, 0.3) is 0 Å². The minimum atomic E-state index is -0.414. The predicted octanol–water partition coefficient (Wildman–Crippen LogP) is 4.45. The molecule has 1 aromatic heterocycles. The number of hydrogen-bond acceptors (Lipinski definition) is 5. The Balaban J connectivity index is 1.68. The highest BCUT2D eigenvalue weighted by molar-refractivity contribution is 8.00. The third kappa shape index (κ3) is 3.97. The SMILES string of the molecule is CCc1ccccc1NC(=O)[C@@H]1Sc2nnc(CC)n2N[C@@H]1c1ccc(Cl)cc1. The third-order valence-electron chi connectivity index (χ3n) is 4.96. The zero-order valence-electron chi connectivity index (χ0n) is 16.2. The van der Waals surface area contributed by atoms with E-state index in [0.29, 0.717) is 10.2 Å². The second-order valence-electron chi connectivity index (χ2n) is 6.78. The molecule has 1 aliphatic heterocycles. The molecule has 0 unspecified atom stereocenters. The number of carbonyl (C=O) groups excluding carboxylic acids is 1. The predicted molar refractivity (Wildman–Crippen MR) is 117 cm³/mol. The van der Waals surface area contributed by atoms with E-state index in [2.05, 4.69) is 27.9 Å². The van der Waals surface area contributed by atoms with Crippen LogP contribution in [0, 0.1) is 0 Å². The van der Waals surface area contributed by atoms with Crippen molar-refractivity contribution in [2.45, 2.75) is 43.1 Å². The summed E-state index contributed by atoms with van der Waals surface area (Å²) in [7, 11) is 0. The number of hydrogen-bond donors (Lipinski definition) is 2. The minimum absolute atomic E-state index is 0.0735. The molecule has 1 aliphatic rings. The molecule has 0 radical (unpaired) electrons. The van der Waals surface area contributed by atoms with Gasteiger partial charge in [0.05, 0.1) is 6.04 Å². The van der Waals surface area contributed by atoms with Crippen LogP contribution in [0.2, 0.25) is 5.02 Å². The van der Waals surface area contributed by atoms with E-state index in [1.165, 1.54) is 11.8 Å². The van der Waals surface area contributed by atoms with Crippen LogP contribution >= 0.6 is 23.4 Å². The van der Waals surface area contributed by atoms with Gasteiger partial charge in [-0.2, -0.15) is 0 Å². The highest BCUT2D eigenvalue weighted by Gasteiger charge is 2.37. The Labute approximate surface area is 179 Å². The lowest BCUT2D eigenvalue weighted by Crippen LogP contribution is -2.41. The lowest BCUT2D eigenvalue weighted by molar-refractivity contribution is -0.116. The zero-order valence-corrected chi connectivity index (χ0v) is 17.8. The number of benzene rings is 2. The van der Waals surface area contributed by atoms with Gasteiger partial charge in [-0.15, -0.1) is 10.2 Å². The molecule has 6 nitrogen and oxygen atoms in total. The van der Waals surface area contributed by atoms with Crippen LogP contribution in [0.5, 0.6) is 0 Å². The first-order valence-electron chi connectivity index (χ1n) is 9.62. The molecule has 0 bridgehead atoms. The van der Waals surface area contributed by atoms with Gasteiger partial charge in [-0.3, -0.25) is 4.79 Å². The number of aryl methyl sites for hydroxylation is 2. The number of rotatable bonds is 5. The van der Waals surface area contributed by atoms with Crippen LogP contribution in [0.1, 0.15) is 36.8 Å². The van der Waals surface area contributed by atoms with Gasteiger partial charge < -0.3 is 10.7 Å². The fourth-order valence-electron chi connectivity index (χ4n) is 3.40. The summed E-state index contributed by atoms with van der Waals surface area (Å²) < 4.78 is 1.88. The normalized spacial score (nSPS) is 18.0. The first-order chi connectivity index (χ1) is 14.1. The Morgan fingerprint density at radius 1 is 1.14 bits per heavy atom. The lowest BCUT2D eigenvalue weighted by Gasteiger charge is -2.33. The molecular weight excluding hydrogens is 406 g/mol. The summed E-state index contributed by atoms with van der Waals surface area (Å²) in [6.07, 6.45) is 1.59. The molecule has 3 aromatic rings. The molecule has 4 rings (SSSR count). The van der Waals surface area contributed by atoms with Crippen molar-refractivity contribution < 1.29 is 4.79 Å². The summed E-state index contributed by atoms with van der Waals surface area (Å²) in [5, 5.41) is 12.5. The quantitative estimate of drug-likeness (QED) is 0.629. The lowest BCUT2D eigenvalue weighted by atomic mass is 10.0. The average Bonchev–Trinajstić information content (AvgIpc) is 3.16. The molecule has 0 saturated carbocycles. The van der Waals surface area contributed by atoms with Crippen LogP contribution in [0.25, 0.3) is 0 Å². The summed E-state index contributed by atoms with van der Waals surface area (Å²) in [6.45, 7) is 4.11. The number of nitrogens with zero attached hydrogens (tertiary/aromatic N) is 3. The third-order valence-corrected chi connectivity index (χ3v) is 6.43. The molecule has 0 fully saturated rings. The molecular formula is C21H22ClN5OS. The van der Waals surface area contributed by atoms with E-state index in [-0.39, 0.29) is 11.9 Å². The number of fused-ring (bicyclic) bond motifs is 1. The van der Waals surface area contributed by atoms with E-state index in [0.717, 1.165) is 35.5 Å².